The minimum absolute atomic E-state index is 0.549. The van der Waals surface area contributed by atoms with Crippen LogP contribution in [0, 0.1) is 13.8 Å². The summed E-state index contributed by atoms with van der Waals surface area (Å²) in [5.41, 5.74) is 8.34. The Balaban J connectivity index is 1.75. The Bertz CT molecular complexity index is 973. The van der Waals surface area contributed by atoms with Crippen LogP contribution in [0.5, 0.6) is 17.2 Å². The van der Waals surface area contributed by atoms with Crippen LogP contribution >= 0.6 is 11.3 Å². The van der Waals surface area contributed by atoms with Crippen molar-refractivity contribution in [3.05, 3.63) is 52.4 Å². The molecule has 146 valence electrons. The standard InChI is InChI=1S/C21H23N3O3S/c1-13-6-7-16(8-14(13)2)17-12-28-21(23-17)24-22-11-15-9-18(25-3)20(27-5)19(10-15)26-4/h6-12H,1-5H3,(H,23,24)/b22-11-. The van der Waals surface area contributed by atoms with Crippen molar-refractivity contribution in [1.29, 1.82) is 0 Å². The van der Waals surface area contributed by atoms with Crippen LogP contribution in [-0.2, 0) is 0 Å². The van der Waals surface area contributed by atoms with Crippen LogP contribution in [0.4, 0.5) is 5.13 Å². The van der Waals surface area contributed by atoms with Gasteiger partial charge in [0, 0.05) is 16.5 Å². The highest BCUT2D eigenvalue weighted by molar-refractivity contribution is 7.14. The fourth-order valence-electron chi connectivity index (χ4n) is 2.70. The zero-order valence-electron chi connectivity index (χ0n) is 16.6. The molecule has 1 heterocycles. The van der Waals surface area contributed by atoms with Crippen molar-refractivity contribution in [3.63, 3.8) is 0 Å². The molecule has 0 aliphatic heterocycles. The molecule has 0 aliphatic rings. The Morgan fingerprint density at radius 1 is 0.964 bits per heavy atom. The van der Waals surface area contributed by atoms with Gasteiger partial charge in [-0.3, -0.25) is 5.43 Å². The highest BCUT2D eigenvalue weighted by atomic mass is 32.1. The van der Waals surface area contributed by atoms with E-state index in [9.17, 15) is 0 Å². The van der Waals surface area contributed by atoms with Crippen molar-refractivity contribution in [2.24, 2.45) is 5.10 Å². The number of hydrazone groups is 1. The molecule has 0 radical (unpaired) electrons. The number of benzene rings is 2. The van der Waals surface area contributed by atoms with Crippen molar-refractivity contribution in [2.75, 3.05) is 26.8 Å². The van der Waals surface area contributed by atoms with Gasteiger partial charge in [-0.25, -0.2) is 4.98 Å². The van der Waals surface area contributed by atoms with Crippen molar-refractivity contribution < 1.29 is 14.2 Å². The molecular formula is C21H23N3O3S. The maximum absolute atomic E-state index is 5.36. The molecule has 28 heavy (non-hydrogen) atoms. The molecule has 6 nitrogen and oxygen atoms in total. The van der Waals surface area contributed by atoms with Crippen molar-refractivity contribution >= 4 is 22.7 Å². The van der Waals surface area contributed by atoms with Gasteiger partial charge in [0.1, 0.15) is 0 Å². The lowest BCUT2D eigenvalue weighted by Gasteiger charge is -2.12. The van der Waals surface area contributed by atoms with Gasteiger partial charge in [-0.05, 0) is 43.2 Å². The van der Waals surface area contributed by atoms with E-state index in [1.165, 1.54) is 22.5 Å². The first-order valence-corrected chi connectivity index (χ1v) is 9.56. The zero-order chi connectivity index (χ0) is 20.1. The van der Waals surface area contributed by atoms with Gasteiger partial charge in [-0.15, -0.1) is 11.3 Å². The Kier molecular flexibility index (Phi) is 6.16. The normalized spacial score (nSPS) is 10.9. The summed E-state index contributed by atoms with van der Waals surface area (Å²) in [4.78, 5) is 4.60. The SMILES string of the molecule is COc1cc(/C=N\Nc2nc(-c3ccc(C)c(C)c3)cs2)cc(OC)c1OC. The Labute approximate surface area is 168 Å². The smallest absolute Gasteiger partial charge is 0.203 e. The van der Waals surface area contributed by atoms with Gasteiger partial charge in [-0.2, -0.15) is 5.10 Å². The fraction of sp³-hybridized carbons (Fsp3) is 0.238. The molecule has 0 fully saturated rings. The summed E-state index contributed by atoms with van der Waals surface area (Å²) in [7, 11) is 4.74. The summed E-state index contributed by atoms with van der Waals surface area (Å²) in [5.74, 6) is 1.71. The molecule has 1 N–H and O–H groups in total. The monoisotopic (exact) mass is 397 g/mol. The molecule has 1 aromatic heterocycles. The molecule has 0 spiro atoms. The number of thiazole rings is 1. The van der Waals surface area contributed by atoms with Gasteiger partial charge in [-0.1, -0.05) is 12.1 Å². The molecule has 0 amide bonds. The summed E-state index contributed by atoms with van der Waals surface area (Å²) in [6.07, 6.45) is 1.68. The van der Waals surface area contributed by atoms with Crippen LogP contribution < -0.4 is 19.6 Å². The average molecular weight is 398 g/mol. The first kappa shape index (κ1) is 19.7. The number of rotatable bonds is 7. The third kappa shape index (κ3) is 4.26. The summed E-state index contributed by atoms with van der Waals surface area (Å²) in [6.45, 7) is 4.21. The van der Waals surface area contributed by atoms with Gasteiger partial charge in [0.25, 0.3) is 0 Å². The van der Waals surface area contributed by atoms with Gasteiger partial charge < -0.3 is 14.2 Å². The molecular weight excluding hydrogens is 374 g/mol. The first-order valence-electron chi connectivity index (χ1n) is 8.68. The van der Waals surface area contributed by atoms with E-state index < -0.39 is 0 Å². The predicted octanol–water partition coefficient (Wildman–Crippen LogP) is 4.90. The minimum atomic E-state index is 0.549. The van der Waals surface area contributed by atoms with E-state index in [0.717, 1.165) is 22.0 Å². The number of aryl methyl sites for hydroxylation is 2. The lowest BCUT2D eigenvalue weighted by atomic mass is 10.1. The van der Waals surface area contributed by atoms with Crippen LogP contribution in [0.1, 0.15) is 16.7 Å². The number of hydrogen-bond acceptors (Lipinski definition) is 7. The quantitative estimate of drug-likeness (QED) is 0.454. The largest absolute Gasteiger partial charge is 0.493 e. The van der Waals surface area contributed by atoms with E-state index in [2.05, 4.69) is 47.6 Å². The molecule has 0 bridgehead atoms. The number of nitrogens with one attached hydrogen (secondary N) is 1. The van der Waals surface area contributed by atoms with Crippen molar-refractivity contribution in [2.45, 2.75) is 13.8 Å². The second-order valence-corrected chi connectivity index (χ2v) is 7.02. The number of ether oxygens (including phenoxy) is 3. The average Bonchev–Trinajstić information content (AvgIpc) is 3.18. The number of hydrogen-bond donors (Lipinski definition) is 1. The van der Waals surface area contributed by atoms with Gasteiger partial charge in [0.15, 0.2) is 11.5 Å². The lowest BCUT2D eigenvalue weighted by molar-refractivity contribution is 0.324. The summed E-state index contributed by atoms with van der Waals surface area (Å²) in [5, 5.41) is 7.01. The molecule has 3 rings (SSSR count). The highest BCUT2D eigenvalue weighted by Gasteiger charge is 2.12. The molecule has 0 unspecified atom stereocenters. The number of anilines is 1. The van der Waals surface area contributed by atoms with Gasteiger partial charge in [0.2, 0.25) is 10.9 Å². The van der Waals surface area contributed by atoms with Crippen LogP contribution in [0.2, 0.25) is 0 Å². The highest BCUT2D eigenvalue weighted by Crippen LogP contribution is 2.37. The minimum Gasteiger partial charge on any atom is -0.493 e. The van der Waals surface area contributed by atoms with Crippen LogP contribution in [-0.4, -0.2) is 32.5 Å². The molecule has 0 saturated heterocycles. The van der Waals surface area contributed by atoms with E-state index in [1.807, 2.05) is 17.5 Å². The maximum atomic E-state index is 5.36. The fourth-order valence-corrected chi connectivity index (χ4v) is 3.36. The number of nitrogens with zero attached hydrogens (tertiary/aromatic N) is 2. The topological polar surface area (TPSA) is 65.0 Å². The second kappa shape index (κ2) is 8.75. The third-order valence-corrected chi connectivity index (χ3v) is 5.11. The molecule has 0 atom stereocenters. The predicted molar refractivity (Wildman–Crippen MR) is 114 cm³/mol. The molecule has 0 aliphatic carbocycles. The molecule has 7 heteroatoms. The molecule has 3 aromatic rings. The summed E-state index contributed by atoms with van der Waals surface area (Å²) >= 11 is 1.51. The second-order valence-electron chi connectivity index (χ2n) is 6.17. The summed E-state index contributed by atoms with van der Waals surface area (Å²) in [6, 6.07) is 10.00. The van der Waals surface area contributed by atoms with E-state index in [-0.39, 0.29) is 0 Å². The van der Waals surface area contributed by atoms with Gasteiger partial charge >= 0.3 is 0 Å². The van der Waals surface area contributed by atoms with Crippen LogP contribution in [0.25, 0.3) is 11.3 Å². The lowest BCUT2D eigenvalue weighted by Crippen LogP contribution is -1.97. The van der Waals surface area contributed by atoms with Crippen LogP contribution in [0.15, 0.2) is 40.8 Å². The molecule has 2 aromatic carbocycles. The van der Waals surface area contributed by atoms with Crippen molar-refractivity contribution in [1.82, 2.24) is 4.98 Å². The summed E-state index contributed by atoms with van der Waals surface area (Å²) < 4.78 is 16.0. The number of aromatic nitrogens is 1. The molecule has 0 saturated carbocycles. The first-order chi connectivity index (χ1) is 13.5. The zero-order valence-corrected chi connectivity index (χ0v) is 17.4. The maximum Gasteiger partial charge on any atom is 0.203 e. The van der Waals surface area contributed by atoms with E-state index in [1.54, 1.807) is 27.5 Å². The van der Waals surface area contributed by atoms with Gasteiger partial charge in [0.05, 0.1) is 33.2 Å². The van der Waals surface area contributed by atoms with Crippen molar-refractivity contribution in [3.8, 4) is 28.5 Å². The van der Waals surface area contributed by atoms with E-state index in [4.69, 9.17) is 14.2 Å². The number of methoxy groups -OCH3 is 3. The van der Waals surface area contributed by atoms with E-state index in [0.29, 0.717) is 17.2 Å². The Morgan fingerprint density at radius 2 is 1.68 bits per heavy atom. The Morgan fingerprint density at radius 3 is 2.29 bits per heavy atom. The Hall–Kier alpha value is -3.06. The van der Waals surface area contributed by atoms with Crippen LogP contribution in [0.3, 0.4) is 0 Å². The van der Waals surface area contributed by atoms with E-state index >= 15 is 0 Å². The third-order valence-electron chi connectivity index (χ3n) is 4.37.